The highest BCUT2D eigenvalue weighted by Gasteiger charge is 2.16. The highest BCUT2D eigenvalue weighted by molar-refractivity contribution is 5.95. The molecular formula is C19H19N5O2. The van der Waals surface area contributed by atoms with Gasteiger partial charge in [-0.25, -0.2) is 9.67 Å². The van der Waals surface area contributed by atoms with Gasteiger partial charge < -0.3 is 10.1 Å². The number of nitrogens with one attached hydrogen (secondary N) is 1. The zero-order chi connectivity index (χ0) is 18.7. The van der Waals surface area contributed by atoms with E-state index in [4.69, 9.17) is 10.00 Å². The Morgan fingerprint density at radius 3 is 2.62 bits per heavy atom. The van der Waals surface area contributed by atoms with Crippen molar-refractivity contribution in [3.8, 4) is 11.8 Å². The normalized spacial score (nSPS) is 12.0. The highest BCUT2D eigenvalue weighted by atomic mass is 16.5. The summed E-state index contributed by atoms with van der Waals surface area (Å²) in [5.41, 5.74) is 1.90. The number of nitriles is 1. The Balaban J connectivity index is 1.68. The summed E-state index contributed by atoms with van der Waals surface area (Å²) in [6, 6.07) is 10.7. The number of pyridine rings is 1. The standard InChI is InChI=1S/C19H19N5O2/c1-12(2)24-18-15(10-22-24)8-16(11-21-18)23-19(25)13(3)26-17-6-4-14(9-20)5-7-17/h4-8,10-13H,1-3H3,(H,23,25). The van der Waals surface area contributed by atoms with Crippen molar-refractivity contribution in [1.82, 2.24) is 14.8 Å². The largest absolute Gasteiger partial charge is 0.481 e. The van der Waals surface area contributed by atoms with E-state index in [1.165, 1.54) is 0 Å². The van der Waals surface area contributed by atoms with Gasteiger partial charge in [0, 0.05) is 11.4 Å². The predicted molar refractivity (Wildman–Crippen MR) is 97.8 cm³/mol. The Morgan fingerprint density at radius 2 is 1.96 bits per heavy atom. The maximum Gasteiger partial charge on any atom is 0.265 e. The molecule has 0 radical (unpaired) electrons. The monoisotopic (exact) mass is 349 g/mol. The van der Waals surface area contributed by atoms with Crippen LogP contribution >= 0.6 is 0 Å². The summed E-state index contributed by atoms with van der Waals surface area (Å²) in [5, 5.41) is 16.8. The van der Waals surface area contributed by atoms with Crippen LogP contribution in [0.15, 0.2) is 42.7 Å². The number of carbonyl (C=O) groups excluding carboxylic acids is 1. The summed E-state index contributed by atoms with van der Waals surface area (Å²) < 4.78 is 7.44. The zero-order valence-electron chi connectivity index (χ0n) is 14.8. The SMILES string of the molecule is CC(Oc1ccc(C#N)cc1)C(=O)Nc1cnc2c(cnn2C(C)C)c1. The molecule has 0 aliphatic heterocycles. The third-order valence-electron chi connectivity index (χ3n) is 3.86. The fourth-order valence-electron chi connectivity index (χ4n) is 2.50. The Labute approximate surface area is 151 Å². The summed E-state index contributed by atoms with van der Waals surface area (Å²) in [6.45, 7) is 5.73. The van der Waals surface area contributed by atoms with Gasteiger partial charge in [0.05, 0.1) is 29.7 Å². The number of amides is 1. The topological polar surface area (TPSA) is 92.8 Å². The number of anilines is 1. The van der Waals surface area contributed by atoms with Crippen LogP contribution in [0.25, 0.3) is 11.0 Å². The van der Waals surface area contributed by atoms with Gasteiger partial charge in [-0.1, -0.05) is 0 Å². The summed E-state index contributed by atoms with van der Waals surface area (Å²) >= 11 is 0. The average molecular weight is 349 g/mol. The number of hydrogen-bond donors (Lipinski definition) is 1. The second-order valence-corrected chi connectivity index (χ2v) is 6.21. The molecule has 3 aromatic rings. The Bertz CT molecular complexity index is 970. The van der Waals surface area contributed by atoms with Gasteiger partial charge in [0.1, 0.15) is 5.75 Å². The molecule has 2 heterocycles. The molecule has 0 bridgehead atoms. The second kappa shape index (κ2) is 7.23. The van der Waals surface area contributed by atoms with E-state index >= 15 is 0 Å². The molecule has 1 atom stereocenters. The maximum atomic E-state index is 12.4. The molecule has 0 aliphatic rings. The average Bonchev–Trinajstić information content (AvgIpc) is 3.05. The van der Waals surface area contributed by atoms with Crippen LogP contribution in [0.5, 0.6) is 5.75 Å². The molecule has 7 heteroatoms. The van der Waals surface area contributed by atoms with Crippen LogP contribution in [0.2, 0.25) is 0 Å². The van der Waals surface area contributed by atoms with E-state index in [2.05, 4.69) is 15.4 Å². The number of hydrogen-bond acceptors (Lipinski definition) is 5. The van der Waals surface area contributed by atoms with Crippen LogP contribution in [0.3, 0.4) is 0 Å². The van der Waals surface area contributed by atoms with Crippen LogP contribution in [0.4, 0.5) is 5.69 Å². The molecule has 132 valence electrons. The Hall–Kier alpha value is -3.40. The summed E-state index contributed by atoms with van der Waals surface area (Å²) in [4.78, 5) is 16.7. The van der Waals surface area contributed by atoms with Crippen LogP contribution in [0.1, 0.15) is 32.4 Å². The van der Waals surface area contributed by atoms with Crippen molar-refractivity contribution in [1.29, 1.82) is 5.26 Å². The van der Waals surface area contributed by atoms with Crippen molar-refractivity contribution in [2.75, 3.05) is 5.32 Å². The van der Waals surface area contributed by atoms with E-state index in [0.29, 0.717) is 17.0 Å². The minimum atomic E-state index is -0.697. The van der Waals surface area contributed by atoms with Crippen molar-refractivity contribution >= 4 is 22.6 Å². The van der Waals surface area contributed by atoms with E-state index in [9.17, 15) is 4.79 Å². The van der Waals surface area contributed by atoms with Gasteiger partial charge in [-0.3, -0.25) is 4.79 Å². The molecule has 1 amide bonds. The maximum absolute atomic E-state index is 12.4. The predicted octanol–water partition coefficient (Wildman–Crippen LogP) is 3.29. The lowest BCUT2D eigenvalue weighted by atomic mass is 10.2. The number of aromatic nitrogens is 3. The molecule has 1 aromatic carbocycles. The summed E-state index contributed by atoms with van der Waals surface area (Å²) in [5.74, 6) is 0.241. The molecule has 26 heavy (non-hydrogen) atoms. The number of nitrogens with zero attached hydrogens (tertiary/aromatic N) is 4. The van der Waals surface area contributed by atoms with Gasteiger partial charge in [0.25, 0.3) is 5.91 Å². The van der Waals surface area contributed by atoms with Crippen LogP contribution in [-0.4, -0.2) is 26.8 Å². The molecule has 3 rings (SSSR count). The third kappa shape index (κ3) is 3.64. The zero-order valence-corrected chi connectivity index (χ0v) is 14.8. The van der Waals surface area contributed by atoms with E-state index < -0.39 is 6.10 Å². The minimum Gasteiger partial charge on any atom is -0.481 e. The van der Waals surface area contributed by atoms with Crippen LogP contribution in [-0.2, 0) is 4.79 Å². The first kappa shape index (κ1) is 17.4. The quantitative estimate of drug-likeness (QED) is 0.763. The van der Waals surface area contributed by atoms with Gasteiger partial charge in [0.15, 0.2) is 11.8 Å². The van der Waals surface area contributed by atoms with Crippen molar-refractivity contribution in [2.24, 2.45) is 0 Å². The van der Waals surface area contributed by atoms with E-state index in [0.717, 1.165) is 11.0 Å². The third-order valence-corrected chi connectivity index (χ3v) is 3.86. The van der Waals surface area contributed by atoms with Crippen molar-refractivity contribution < 1.29 is 9.53 Å². The fourth-order valence-corrected chi connectivity index (χ4v) is 2.50. The lowest BCUT2D eigenvalue weighted by Gasteiger charge is -2.14. The van der Waals surface area contributed by atoms with E-state index in [1.54, 1.807) is 43.6 Å². The van der Waals surface area contributed by atoms with Crippen LogP contribution < -0.4 is 10.1 Å². The van der Waals surface area contributed by atoms with E-state index in [-0.39, 0.29) is 11.9 Å². The van der Waals surface area contributed by atoms with Crippen LogP contribution in [0, 0.1) is 11.3 Å². The number of carbonyl (C=O) groups is 1. The van der Waals surface area contributed by atoms with Crippen molar-refractivity contribution in [3.05, 3.63) is 48.3 Å². The first-order valence-electron chi connectivity index (χ1n) is 8.29. The lowest BCUT2D eigenvalue weighted by Crippen LogP contribution is -2.30. The molecule has 0 saturated carbocycles. The summed E-state index contributed by atoms with van der Waals surface area (Å²) in [7, 11) is 0. The van der Waals surface area contributed by atoms with E-state index in [1.807, 2.05) is 30.7 Å². The van der Waals surface area contributed by atoms with Gasteiger partial charge in [-0.15, -0.1) is 0 Å². The van der Waals surface area contributed by atoms with Gasteiger partial charge in [0.2, 0.25) is 0 Å². The molecular weight excluding hydrogens is 330 g/mol. The molecule has 0 saturated heterocycles. The first-order valence-corrected chi connectivity index (χ1v) is 8.29. The molecule has 1 unspecified atom stereocenters. The summed E-state index contributed by atoms with van der Waals surface area (Å²) in [6.07, 6.45) is 2.64. The molecule has 0 spiro atoms. The van der Waals surface area contributed by atoms with Gasteiger partial charge in [-0.2, -0.15) is 10.4 Å². The fraction of sp³-hybridized carbons (Fsp3) is 0.263. The van der Waals surface area contributed by atoms with Gasteiger partial charge in [-0.05, 0) is 51.1 Å². The van der Waals surface area contributed by atoms with Gasteiger partial charge >= 0.3 is 0 Å². The molecule has 0 fully saturated rings. The van der Waals surface area contributed by atoms with Crippen molar-refractivity contribution in [3.63, 3.8) is 0 Å². The molecule has 2 aromatic heterocycles. The number of benzene rings is 1. The minimum absolute atomic E-state index is 0.210. The second-order valence-electron chi connectivity index (χ2n) is 6.21. The Morgan fingerprint density at radius 1 is 1.23 bits per heavy atom. The highest BCUT2D eigenvalue weighted by Crippen LogP contribution is 2.20. The number of ether oxygens (including phenoxy) is 1. The first-order chi connectivity index (χ1) is 12.5. The number of rotatable bonds is 5. The Kier molecular flexibility index (Phi) is 4.85. The molecule has 7 nitrogen and oxygen atoms in total. The molecule has 1 N–H and O–H groups in total. The molecule has 0 aliphatic carbocycles. The van der Waals surface area contributed by atoms with Crippen molar-refractivity contribution in [2.45, 2.75) is 32.9 Å². The number of fused-ring (bicyclic) bond motifs is 1. The smallest absolute Gasteiger partial charge is 0.265 e. The lowest BCUT2D eigenvalue weighted by molar-refractivity contribution is -0.122.